The number of thioether (sulfide) groups is 1. The number of hydrogen-bond donors (Lipinski definition) is 2. The van der Waals surface area contributed by atoms with Gasteiger partial charge >= 0.3 is 5.97 Å². The zero-order chi connectivity index (χ0) is 22.2. The van der Waals surface area contributed by atoms with Gasteiger partial charge in [0, 0.05) is 9.75 Å². The average Bonchev–Trinajstić information content (AvgIpc) is 3.44. The van der Waals surface area contributed by atoms with E-state index in [-0.39, 0.29) is 17.6 Å². The number of hydrogen-bond acceptors (Lipinski definition) is 9. The number of thiophene rings is 2. The summed E-state index contributed by atoms with van der Waals surface area (Å²) in [6, 6.07) is 0. The molecule has 0 fully saturated rings. The molecule has 168 valence electrons. The van der Waals surface area contributed by atoms with Gasteiger partial charge in [0.15, 0.2) is 5.16 Å². The number of rotatable bonds is 6. The average molecular weight is 489 g/mol. The number of esters is 1. The van der Waals surface area contributed by atoms with Gasteiger partial charge in [0.05, 0.1) is 23.3 Å². The summed E-state index contributed by atoms with van der Waals surface area (Å²) < 4.78 is 5.23. The van der Waals surface area contributed by atoms with Crippen LogP contribution < -0.4 is 11.1 Å². The molecule has 0 atom stereocenters. The molecule has 3 aromatic heterocycles. The number of amides is 1. The van der Waals surface area contributed by atoms with Crippen molar-refractivity contribution in [3.05, 3.63) is 26.4 Å². The van der Waals surface area contributed by atoms with E-state index in [4.69, 9.17) is 10.5 Å². The van der Waals surface area contributed by atoms with Crippen LogP contribution in [0.3, 0.4) is 0 Å². The van der Waals surface area contributed by atoms with E-state index in [1.807, 2.05) is 0 Å². The smallest absolute Gasteiger partial charge is 0.341 e. The molecular formula is C22H24N4O3S3. The van der Waals surface area contributed by atoms with E-state index in [1.54, 1.807) is 18.3 Å². The Bertz CT molecular complexity index is 1220. The highest BCUT2D eigenvalue weighted by molar-refractivity contribution is 7.99. The number of anilines is 2. The molecule has 0 aromatic carbocycles. The van der Waals surface area contributed by atoms with E-state index in [9.17, 15) is 9.59 Å². The van der Waals surface area contributed by atoms with Gasteiger partial charge in [-0.15, -0.1) is 22.7 Å². The maximum absolute atomic E-state index is 12.7. The Morgan fingerprint density at radius 1 is 1.06 bits per heavy atom. The summed E-state index contributed by atoms with van der Waals surface area (Å²) >= 11 is 4.43. The van der Waals surface area contributed by atoms with E-state index >= 15 is 0 Å². The van der Waals surface area contributed by atoms with Crippen LogP contribution in [0.5, 0.6) is 0 Å². The number of aromatic nitrogens is 2. The molecule has 2 aliphatic rings. The van der Waals surface area contributed by atoms with Crippen LogP contribution in [-0.2, 0) is 35.2 Å². The van der Waals surface area contributed by atoms with Crippen molar-refractivity contribution in [1.82, 2.24) is 9.97 Å². The second-order valence-corrected chi connectivity index (χ2v) is 11.0. The highest BCUT2D eigenvalue weighted by atomic mass is 32.2. The van der Waals surface area contributed by atoms with Gasteiger partial charge < -0.3 is 15.8 Å². The summed E-state index contributed by atoms with van der Waals surface area (Å²) in [4.78, 5) is 37.7. The molecule has 0 saturated carbocycles. The summed E-state index contributed by atoms with van der Waals surface area (Å²) in [6.07, 6.45) is 7.31. The molecule has 3 heterocycles. The Hall–Kier alpha value is -2.17. The maximum atomic E-state index is 12.7. The number of nitrogens with zero attached hydrogens (tertiary/aromatic N) is 2. The predicted molar refractivity (Wildman–Crippen MR) is 130 cm³/mol. The van der Waals surface area contributed by atoms with Crippen molar-refractivity contribution < 1.29 is 14.3 Å². The van der Waals surface area contributed by atoms with E-state index in [0.29, 0.717) is 28.1 Å². The van der Waals surface area contributed by atoms with E-state index in [1.165, 1.54) is 51.3 Å². The van der Waals surface area contributed by atoms with Crippen LogP contribution in [0.4, 0.5) is 10.8 Å². The molecule has 0 radical (unpaired) electrons. The highest BCUT2D eigenvalue weighted by Crippen LogP contribution is 2.40. The van der Waals surface area contributed by atoms with Gasteiger partial charge in [-0.1, -0.05) is 11.8 Å². The van der Waals surface area contributed by atoms with Crippen LogP contribution in [0.25, 0.3) is 10.2 Å². The third kappa shape index (κ3) is 3.99. The minimum Gasteiger partial charge on any atom is -0.462 e. The Labute approximate surface area is 198 Å². The second-order valence-electron chi connectivity index (χ2n) is 7.90. The number of ether oxygens (including phenoxy) is 1. The lowest BCUT2D eigenvalue weighted by Crippen LogP contribution is -2.17. The fraction of sp³-hybridized carbons (Fsp3) is 0.455. The first-order valence-electron chi connectivity index (χ1n) is 10.9. The zero-order valence-electron chi connectivity index (χ0n) is 17.8. The molecule has 0 bridgehead atoms. The molecule has 0 aliphatic heterocycles. The SMILES string of the molecule is CCOC(=O)c1c(NC(=O)CSc2nc(N)c3c4c(sc3n2)CCCC4)sc2c1CCC2. The van der Waals surface area contributed by atoms with Crippen LogP contribution in [0.15, 0.2) is 5.16 Å². The first-order valence-corrected chi connectivity index (χ1v) is 13.5. The number of carbonyl (C=O) groups is 2. The van der Waals surface area contributed by atoms with Crippen molar-refractivity contribution in [2.75, 3.05) is 23.4 Å². The fourth-order valence-electron chi connectivity index (χ4n) is 4.43. The van der Waals surface area contributed by atoms with Gasteiger partial charge in [-0.2, -0.15) is 0 Å². The lowest BCUT2D eigenvalue weighted by Gasteiger charge is -2.10. The summed E-state index contributed by atoms with van der Waals surface area (Å²) in [5.74, 6) is 0.0730. The van der Waals surface area contributed by atoms with Gasteiger partial charge in [-0.25, -0.2) is 14.8 Å². The molecule has 0 spiro atoms. The van der Waals surface area contributed by atoms with Gasteiger partial charge in [0.2, 0.25) is 5.91 Å². The maximum Gasteiger partial charge on any atom is 0.341 e. The van der Waals surface area contributed by atoms with Crippen molar-refractivity contribution in [2.45, 2.75) is 57.0 Å². The van der Waals surface area contributed by atoms with E-state index in [2.05, 4.69) is 15.3 Å². The van der Waals surface area contributed by atoms with Crippen LogP contribution in [0.2, 0.25) is 0 Å². The largest absolute Gasteiger partial charge is 0.462 e. The van der Waals surface area contributed by atoms with Crippen LogP contribution in [-0.4, -0.2) is 34.2 Å². The molecule has 32 heavy (non-hydrogen) atoms. The molecule has 5 rings (SSSR count). The Morgan fingerprint density at radius 3 is 2.66 bits per heavy atom. The van der Waals surface area contributed by atoms with Crippen LogP contribution in [0.1, 0.15) is 57.4 Å². The Morgan fingerprint density at radius 2 is 1.81 bits per heavy atom. The molecule has 7 nitrogen and oxygen atoms in total. The number of nitrogens with two attached hydrogens (primary N) is 1. The lowest BCUT2D eigenvalue weighted by atomic mass is 9.97. The molecule has 0 saturated heterocycles. The molecule has 3 N–H and O–H groups in total. The predicted octanol–water partition coefficient (Wildman–Crippen LogP) is 4.61. The number of fused-ring (bicyclic) bond motifs is 4. The number of nitrogen functional groups attached to an aromatic ring is 1. The van der Waals surface area contributed by atoms with Crippen molar-refractivity contribution in [3.8, 4) is 0 Å². The molecule has 2 aliphatic carbocycles. The van der Waals surface area contributed by atoms with E-state index < -0.39 is 0 Å². The minimum atomic E-state index is -0.363. The number of nitrogens with one attached hydrogen (secondary N) is 1. The third-order valence-electron chi connectivity index (χ3n) is 5.81. The molecule has 0 unspecified atom stereocenters. The van der Waals surface area contributed by atoms with Crippen molar-refractivity contribution in [3.63, 3.8) is 0 Å². The van der Waals surface area contributed by atoms with Crippen molar-refractivity contribution in [1.29, 1.82) is 0 Å². The first-order chi connectivity index (χ1) is 15.5. The second kappa shape index (κ2) is 8.99. The summed E-state index contributed by atoms with van der Waals surface area (Å²) in [7, 11) is 0. The molecule has 1 amide bonds. The summed E-state index contributed by atoms with van der Waals surface area (Å²) in [6.45, 7) is 2.09. The highest BCUT2D eigenvalue weighted by Gasteiger charge is 2.28. The Kier molecular flexibility index (Phi) is 6.09. The topological polar surface area (TPSA) is 107 Å². The molecule has 10 heteroatoms. The number of carbonyl (C=O) groups excluding carboxylic acids is 2. The van der Waals surface area contributed by atoms with Crippen LogP contribution in [0, 0.1) is 0 Å². The van der Waals surface area contributed by atoms with Crippen molar-refractivity contribution in [2.24, 2.45) is 0 Å². The fourth-order valence-corrected chi connectivity index (χ4v) is 7.71. The summed E-state index contributed by atoms with van der Waals surface area (Å²) in [5, 5.41) is 4.99. The zero-order valence-corrected chi connectivity index (χ0v) is 20.2. The van der Waals surface area contributed by atoms with Gasteiger partial charge in [-0.3, -0.25) is 4.79 Å². The van der Waals surface area contributed by atoms with Gasteiger partial charge in [0.25, 0.3) is 0 Å². The van der Waals surface area contributed by atoms with Crippen LogP contribution >= 0.6 is 34.4 Å². The van der Waals surface area contributed by atoms with E-state index in [0.717, 1.165) is 47.9 Å². The first kappa shape index (κ1) is 21.7. The van der Waals surface area contributed by atoms with Gasteiger partial charge in [-0.05, 0) is 63.0 Å². The van der Waals surface area contributed by atoms with Gasteiger partial charge in [0.1, 0.15) is 15.6 Å². The number of aryl methyl sites for hydroxylation is 3. The molecule has 3 aromatic rings. The third-order valence-corrected chi connectivity index (χ3v) is 9.05. The minimum absolute atomic E-state index is 0.140. The molecular weight excluding hydrogens is 464 g/mol. The normalized spacial score (nSPS) is 14.9. The quantitative estimate of drug-likeness (QED) is 0.296. The summed E-state index contributed by atoms with van der Waals surface area (Å²) in [5.41, 5.74) is 9.13. The lowest BCUT2D eigenvalue weighted by molar-refractivity contribution is -0.113. The monoisotopic (exact) mass is 488 g/mol. The standard InChI is InChI=1S/C22H24N4O3S3/c1-2-29-21(28)17-12-7-5-9-14(12)32-20(17)24-15(27)10-30-22-25-18(23)16-11-6-3-4-8-13(11)31-19(16)26-22/h2-10H2,1H3,(H,24,27)(H2,23,25,26). The Balaban J connectivity index is 1.31. The van der Waals surface area contributed by atoms with Crippen molar-refractivity contribution >= 4 is 67.3 Å².